The highest BCUT2D eigenvalue weighted by Crippen LogP contribution is 2.16. The first-order chi connectivity index (χ1) is 7.81. The van der Waals surface area contributed by atoms with Crippen LogP contribution in [0.3, 0.4) is 0 Å². The van der Waals surface area contributed by atoms with Crippen LogP contribution in [0, 0.1) is 0 Å². The Morgan fingerprint density at radius 2 is 2.31 bits per heavy atom. The smallest absolute Gasteiger partial charge is 0.198 e. The van der Waals surface area contributed by atoms with Gasteiger partial charge in [0, 0.05) is 6.42 Å². The van der Waals surface area contributed by atoms with Gasteiger partial charge in [-0.25, -0.2) is 4.98 Å². The first-order valence-corrected chi connectivity index (χ1v) is 4.99. The summed E-state index contributed by atoms with van der Waals surface area (Å²) in [5, 5.41) is 8.85. The Labute approximate surface area is 93.5 Å². The molecular formula is C12H13NO3. The quantitative estimate of drug-likeness (QED) is 0.851. The van der Waals surface area contributed by atoms with Crippen LogP contribution in [0.5, 0.6) is 5.75 Å². The number of aromatic nitrogens is 1. The maximum absolute atomic E-state index is 8.85. The predicted octanol–water partition coefficient (Wildman–Crippen LogP) is 1.77. The lowest BCUT2D eigenvalue weighted by Gasteiger charge is -2.01. The monoisotopic (exact) mass is 219 g/mol. The SMILES string of the molecule is COc1cccc(Cc2ncc(CO)o2)c1. The van der Waals surface area contributed by atoms with E-state index in [9.17, 15) is 0 Å². The van der Waals surface area contributed by atoms with E-state index in [4.69, 9.17) is 14.3 Å². The number of hydrogen-bond donors (Lipinski definition) is 1. The Bertz CT molecular complexity index is 465. The molecule has 0 amide bonds. The normalized spacial score (nSPS) is 10.4. The molecule has 0 aliphatic rings. The largest absolute Gasteiger partial charge is 0.497 e. The van der Waals surface area contributed by atoms with E-state index < -0.39 is 0 Å². The fourth-order valence-corrected chi connectivity index (χ4v) is 1.46. The van der Waals surface area contributed by atoms with Crippen molar-refractivity contribution >= 4 is 0 Å². The van der Waals surface area contributed by atoms with Gasteiger partial charge >= 0.3 is 0 Å². The minimum absolute atomic E-state index is 0.120. The zero-order valence-electron chi connectivity index (χ0n) is 9.01. The van der Waals surface area contributed by atoms with Crippen molar-refractivity contribution in [1.82, 2.24) is 4.98 Å². The molecule has 0 bridgehead atoms. The second kappa shape index (κ2) is 4.81. The average Bonchev–Trinajstić information content (AvgIpc) is 2.77. The zero-order chi connectivity index (χ0) is 11.4. The first kappa shape index (κ1) is 10.7. The molecule has 84 valence electrons. The molecule has 0 aliphatic carbocycles. The molecule has 0 fully saturated rings. The highest BCUT2D eigenvalue weighted by molar-refractivity contribution is 5.29. The van der Waals surface area contributed by atoms with E-state index in [0.29, 0.717) is 18.1 Å². The Morgan fingerprint density at radius 1 is 1.44 bits per heavy atom. The molecule has 16 heavy (non-hydrogen) atoms. The molecule has 1 aromatic heterocycles. The minimum Gasteiger partial charge on any atom is -0.497 e. The van der Waals surface area contributed by atoms with Crippen molar-refractivity contribution in [2.45, 2.75) is 13.0 Å². The highest BCUT2D eigenvalue weighted by Gasteiger charge is 2.04. The summed E-state index contributed by atoms with van der Waals surface area (Å²) in [5.74, 6) is 1.89. The molecule has 2 aromatic rings. The average molecular weight is 219 g/mol. The van der Waals surface area contributed by atoms with Crippen LogP contribution in [0.25, 0.3) is 0 Å². The molecule has 1 aromatic carbocycles. The van der Waals surface area contributed by atoms with Crippen molar-refractivity contribution in [2.75, 3.05) is 7.11 Å². The number of hydrogen-bond acceptors (Lipinski definition) is 4. The third kappa shape index (κ3) is 2.41. The first-order valence-electron chi connectivity index (χ1n) is 4.99. The summed E-state index contributed by atoms with van der Waals surface area (Å²) in [4.78, 5) is 4.07. The maximum Gasteiger partial charge on any atom is 0.198 e. The van der Waals surface area contributed by atoms with Crippen molar-refractivity contribution in [3.8, 4) is 5.75 Å². The Hall–Kier alpha value is -1.81. The van der Waals surface area contributed by atoms with Crippen LogP contribution in [-0.2, 0) is 13.0 Å². The molecule has 2 rings (SSSR count). The molecule has 4 heteroatoms. The summed E-state index contributed by atoms with van der Waals surface area (Å²) in [5.41, 5.74) is 1.06. The summed E-state index contributed by atoms with van der Waals surface area (Å²) in [6, 6.07) is 7.72. The van der Waals surface area contributed by atoms with Crippen molar-refractivity contribution in [3.05, 3.63) is 47.7 Å². The Kier molecular flexibility index (Phi) is 3.22. The van der Waals surface area contributed by atoms with Crippen LogP contribution in [0.2, 0.25) is 0 Å². The second-order valence-electron chi connectivity index (χ2n) is 3.41. The standard InChI is InChI=1S/C12H13NO3/c1-15-10-4-2-3-9(5-10)6-12-13-7-11(8-14)16-12/h2-5,7,14H,6,8H2,1H3. The van der Waals surface area contributed by atoms with Crippen LogP contribution in [0.15, 0.2) is 34.9 Å². The molecule has 1 N–H and O–H groups in total. The molecule has 1 heterocycles. The summed E-state index contributed by atoms with van der Waals surface area (Å²) in [6.45, 7) is -0.120. The van der Waals surface area contributed by atoms with Gasteiger partial charge in [0.25, 0.3) is 0 Å². The van der Waals surface area contributed by atoms with Crippen LogP contribution in [0.4, 0.5) is 0 Å². The van der Waals surface area contributed by atoms with E-state index in [1.165, 1.54) is 6.20 Å². The molecular weight excluding hydrogens is 206 g/mol. The van der Waals surface area contributed by atoms with Gasteiger partial charge in [0.1, 0.15) is 18.1 Å². The number of methoxy groups -OCH3 is 1. The molecule has 0 unspecified atom stereocenters. The van der Waals surface area contributed by atoms with Crippen molar-refractivity contribution in [3.63, 3.8) is 0 Å². The van der Waals surface area contributed by atoms with Crippen molar-refractivity contribution < 1.29 is 14.3 Å². The number of benzene rings is 1. The van der Waals surface area contributed by atoms with Gasteiger partial charge in [0.05, 0.1) is 13.3 Å². The Morgan fingerprint density at radius 3 is 3.00 bits per heavy atom. The predicted molar refractivity (Wildman–Crippen MR) is 58.2 cm³/mol. The number of nitrogens with zero attached hydrogens (tertiary/aromatic N) is 1. The zero-order valence-corrected chi connectivity index (χ0v) is 9.01. The Balaban J connectivity index is 2.13. The van der Waals surface area contributed by atoms with Crippen LogP contribution in [-0.4, -0.2) is 17.2 Å². The summed E-state index contributed by atoms with van der Waals surface area (Å²) in [6.07, 6.45) is 2.13. The molecule has 4 nitrogen and oxygen atoms in total. The molecule has 0 aliphatic heterocycles. The van der Waals surface area contributed by atoms with Gasteiger partial charge < -0.3 is 14.3 Å². The number of oxazole rings is 1. The maximum atomic E-state index is 8.85. The van der Waals surface area contributed by atoms with Crippen LogP contribution >= 0.6 is 0 Å². The third-order valence-electron chi connectivity index (χ3n) is 2.25. The van der Waals surface area contributed by atoms with E-state index in [1.807, 2.05) is 24.3 Å². The summed E-state index contributed by atoms with van der Waals surface area (Å²) >= 11 is 0. The van der Waals surface area contributed by atoms with E-state index in [2.05, 4.69) is 4.98 Å². The fourth-order valence-electron chi connectivity index (χ4n) is 1.46. The molecule has 0 saturated heterocycles. The fraction of sp³-hybridized carbons (Fsp3) is 0.250. The second-order valence-corrected chi connectivity index (χ2v) is 3.41. The van der Waals surface area contributed by atoms with E-state index in [1.54, 1.807) is 7.11 Å². The van der Waals surface area contributed by atoms with Gasteiger partial charge in [-0.2, -0.15) is 0 Å². The van der Waals surface area contributed by atoms with Gasteiger partial charge in [-0.05, 0) is 17.7 Å². The van der Waals surface area contributed by atoms with Crippen molar-refractivity contribution in [2.24, 2.45) is 0 Å². The third-order valence-corrected chi connectivity index (χ3v) is 2.25. The lowest BCUT2D eigenvalue weighted by molar-refractivity contribution is 0.244. The molecule has 0 radical (unpaired) electrons. The minimum atomic E-state index is -0.120. The van der Waals surface area contributed by atoms with Crippen LogP contribution in [0.1, 0.15) is 17.2 Å². The van der Waals surface area contributed by atoms with Gasteiger partial charge in [-0.15, -0.1) is 0 Å². The van der Waals surface area contributed by atoms with E-state index in [0.717, 1.165) is 11.3 Å². The summed E-state index contributed by atoms with van der Waals surface area (Å²) < 4.78 is 10.4. The van der Waals surface area contributed by atoms with E-state index >= 15 is 0 Å². The van der Waals surface area contributed by atoms with Gasteiger partial charge in [0.15, 0.2) is 5.89 Å². The lowest BCUT2D eigenvalue weighted by atomic mass is 10.1. The van der Waals surface area contributed by atoms with Gasteiger partial charge in [-0.3, -0.25) is 0 Å². The molecule has 0 spiro atoms. The topological polar surface area (TPSA) is 55.5 Å². The summed E-state index contributed by atoms with van der Waals surface area (Å²) in [7, 11) is 1.63. The number of rotatable bonds is 4. The number of aliphatic hydroxyl groups is 1. The van der Waals surface area contributed by atoms with Gasteiger partial charge in [0.2, 0.25) is 0 Å². The lowest BCUT2D eigenvalue weighted by Crippen LogP contribution is -1.89. The van der Waals surface area contributed by atoms with Gasteiger partial charge in [-0.1, -0.05) is 12.1 Å². The number of aliphatic hydroxyl groups excluding tert-OH is 1. The molecule has 0 saturated carbocycles. The van der Waals surface area contributed by atoms with Crippen LogP contribution < -0.4 is 4.74 Å². The number of ether oxygens (including phenoxy) is 1. The molecule has 0 atom stereocenters. The van der Waals surface area contributed by atoms with E-state index in [-0.39, 0.29) is 6.61 Å². The highest BCUT2D eigenvalue weighted by atomic mass is 16.5. The van der Waals surface area contributed by atoms with Crippen molar-refractivity contribution in [1.29, 1.82) is 0 Å².